The molecule has 21 heavy (non-hydrogen) atoms. The van der Waals surface area contributed by atoms with Crippen LogP contribution in [0.4, 0.5) is 13.2 Å². The van der Waals surface area contributed by atoms with Gasteiger partial charge in [0.25, 0.3) is 0 Å². The molecule has 122 valence electrons. The van der Waals surface area contributed by atoms with Crippen molar-refractivity contribution in [1.29, 1.82) is 0 Å². The Kier molecular flexibility index (Phi) is 6.00. The summed E-state index contributed by atoms with van der Waals surface area (Å²) in [6.45, 7) is 2.31. The van der Waals surface area contributed by atoms with E-state index in [0.717, 1.165) is 4.90 Å². The number of halogens is 3. The van der Waals surface area contributed by atoms with Crippen LogP contribution in [-0.4, -0.2) is 65.2 Å². The molecule has 0 bridgehead atoms. The average molecular weight is 310 g/mol. The van der Waals surface area contributed by atoms with E-state index >= 15 is 0 Å². The second-order valence-corrected chi connectivity index (χ2v) is 5.75. The molecule has 0 unspecified atom stereocenters. The highest BCUT2D eigenvalue weighted by atomic mass is 19.4. The van der Waals surface area contributed by atoms with Crippen LogP contribution < -0.4 is 0 Å². The van der Waals surface area contributed by atoms with Gasteiger partial charge >= 0.3 is 12.1 Å². The molecule has 0 spiro atoms. The number of carbonyl (C=O) groups is 2. The summed E-state index contributed by atoms with van der Waals surface area (Å²) in [5.74, 6) is -1.80. The number of likely N-dealkylation sites (tertiary alicyclic amines) is 1. The van der Waals surface area contributed by atoms with Gasteiger partial charge in [-0.2, -0.15) is 13.2 Å². The molecule has 1 fully saturated rings. The molecule has 0 aromatic rings. The highest BCUT2D eigenvalue weighted by Gasteiger charge is 2.36. The van der Waals surface area contributed by atoms with E-state index in [2.05, 4.69) is 0 Å². The minimum atomic E-state index is -4.46. The third kappa shape index (κ3) is 5.91. The fourth-order valence-corrected chi connectivity index (χ4v) is 2.48. The van der Waals surface area contributed by atoms with Gasteiger partial charge in [-0.3, -0.25) is 14.5 Å². The Morgan fingerprint density at radius 2 is 2.00 bits per heavy atom. The molecule has 1 atom stereocenters. The van der Waals surface area contributed by atoms with Crippen LogP contribution in [0.25, 0.3) is 0 Å². The summed E-state index contributed by atoms with van der Waals surface area (Å²) in [6, 6.07) is -0.777. The van der Waals surface area contributed by atoms with Gasteiger partial charge in [0.05, 0.1) is 6.54 Å². The fourth-order valence-electron chi connectivity index (χ4n) is 2.48. The maximum Gasteiger partial charge on any atom is 0.406 e. The van der Waals surface area contributed by atoms with Crippen molar-refractivity contribution >= 4 is 11.9 Å². The molecule has 1 amide bonds. The van der Waals surface area contributed by atoms with Crippen molar-refractivity contribution in [2.75, 3.05) is 26.2 Å². The molecule has 1 rings (SSSR count). The lowest BCUT2D eigenvalue weighted by Gasteiger charge is -2.29. The molecule has 0 radical (unpaired) electrons. The Morgan fingerprint density at radius 3 is 2.48 bits per heavy atom. The Bertz CT molecular complexity index is 385. The molecule has 1 heterocycles. The molecule has 8 heteroatoms. The fraction of sp³-hybridized carbons (Fsp3) is 0.846. The number of aliphatic carboxylic acids is 1. The second-order valence-electron chi connectivity index (χ2n) is 5.75. The first-order valence-corrected chi connectivity index (χ1v) is 6.91. The van der Waals surface area contributed by atoms with Gasteiger partial charge in [0.2, 0.25) is 5.91 Å². The van der Waals surface area contributed by atoms with Crippen molar-refractivity contribution in [1.82, 2.24) is 9.80 Å². The summed E-state index contributed by atoms with van der Waals surface area (Å²) in [7, 11) is 0. The normalized spacial score (nSPS) is 20.0. The summed E-state index contributed by atoms with van der Waals surface area (Å²) in [4.78, 5) is 25.3. The van der Waals surface area contributed by atoms with Crippen LogP contribution in [0.15, 0.2) is 0 Å². The summed E-state index contributed by atoms with van der Waals surface area (Å²) in [6.07, 6.45) is -3.40. The lowest BCUT2D eigenvalue weighted by Crippen LogP contribution is -2.48. The van der Waals surface area contributed by atoms with Gasteiger partial charge in [-0.1, -0.05) is 13.8 Å². The largest absolute Gasteiger partial charge is 0.480 e. The monoisotopic (exact) mass is 310 g/mol. The minimum Gasteiger partial charge on any atom is -0.480 e. The lowest BCUT2D eigenvalue weighted by molar-refractivity contribution is -0.163. The summed E-state index contributed by atoms with van der Waals surface area (Å²) >= 11 is 0. The van der Waals surface area contributed by atoms with Gasteiger partial charge in [0.1, 0.15) is 12.6 Å². The predicted molar refractivity (Wildman–Crippen MR) is 69.7 cm³/mol. The number of hydrogen-bond acceptors (Lipinski definition) is 3. The third-order valence-electron chi connectivity index (χ3n) is 3.30. The van der Waals surface area contributed by atoms with Gasteiger partial charge in [0.15, 0.2) is 0 Å². The van der Waals surface area contributed by atoms with Crippen molar-refractivity contribution in [3.8, 4) is 0 Å². The molecule has 5 nitrogen and oxygen atoms in total. The van der Waals surface area contributed by atoms with Crippen molar-refractivity contribution < 1.29 is 27.9 Å². The molecular formula is C13H21F3N2O3. The van der Waals surface area contributed by atoms with Crippen LogP contribution in [0.1, 0.15) is 26.7 Å². The number of hydrogen-bond donors (Lipinski definition) is 1. The molecule has 1 N–H and O–H groups in total. The first-order chi connectivity index (χ1) is 9.60. The molecule has 1 aliphatic rings. The first kappa shape index (κ1) is 17.7. The maximum atomic E-state index is 12.5. The number of alkyl halides is 3. The van der Waals surface area contributed by atoms with Crippen LogP contribution >= 0.6 is 0 Å². The lowest BCUT2D eigenvalue weighted by atomic mass is 10.2. The molecule has 0 aromatic carbocycles. The average Bonchev–Trinajstić information content (AvgIpc) is 2.73. The zero-order valence-corrected chi connectivity index (χ0v) is 12.2. The topological polar surface area (TPSA) is 60.9 Å². The van der Waals surface area contributed by atoms with Gasteiger partial charge < -0.3 is 10.0 Å². The highest BCUT2D eigenvalue weighted by Crippen LogP contribution is 2.20. The van der Waals surface area contributed by atoms with Crippen molar-refractivity contribution in [3.63, 3.8) is 0 Å². The van der Waals surface area contributed by atoms with E-state index in [-0.39, 0.29) is 19.0 Å². The van der Waals surface area contributed by atoms with E-state index in [0.29, 0.717) is 19.4 Å². The van der Waals surface area contributed by atoms with Crippen LogP contribution in [-0.2, 0) is 9.59 Å². The Hall–Kier alpha value is -1.31. The quantitative estimate of drug-likeness (QED) is 0.809. The predicted octanol–water partition coefficient (Wildman–Crippen LogP) is 1.58. The van der Waals surface area contributed by atoms with Crippen molar-refractivity contribution in [3.05, 3.63) is 0 Å². The van der Waals surface area contributed by atoms with Gasteiger partial charge in [-0.25, -0.2) is 0 Å². The van der Waals surface area contributed by atoms with E-state index in [9.17, 15) is 22.8 Å². The van der Waals surface area contributed by atoms with E-state index < -0.39 is 30.6 Å². The number of nitrogens with zero attached hydrogens (tertiary/aromatic N) is 2. The van der Waals surface area contributed by atoms with Crippen LogP contribution in [0, 0.1) is 5.92 Å². The Balaban J connectivity index is 2.69. The molecular weight excluding hydrogens is 289 g/mol. The van der Waals surface area contributed by atoms with Crippen LogP contribution in [0.3, 0.4) is 0 Å². The number of carboxylic acid groups (broad SMARTS) is 1. The van der Waals surface area contributed by atoms with E-state index in [1.54, 1.807) is 13.8 Å². The number of rotatable bonds is 6. The summed E-state index contributed by atoms with van der Waals surface area (Å²) < 4.78 is 37.6. The van der Waals surface area contributed by atoms with E-state index in [4.69, 9.17) is 5.11 Å². The zero-order chi connectivity index (χ0) is 16.2. The van der Waals surface area contributed by atoms with Crippen LogP contribution in [0.2, 0.25) is 0 Å². The van der Waals surface area contributed by atoms with E-state index in [1.807, 2.05) is 0 Å². The highest BCUT2D eigenvalue weighted by molar-refractivity contribution is 5.80. The Labute approximate surface area is 121 Å². The van der Waals surface area contributed by atoms with Gasteiger partial charge in [-0.05, 0) is 25.3 Å². The molecule has 0 saturated carbocycles. The third-order valence-corrected chi connectivity index (χ3v) is 3.30. The van der Waals surface area contributed by atoms with Crippen LogP contribution in [0.5, 0.6) is 0 Å². The van der Waals surface area contributed by atoms with E-state index in [1.165, 1.54) is 4.90 Å². The second kappa shape index (κ2) is 7.11. The van der Waals surface area contributed by atoms with Crippen molar-refractivity contribution in [2.24, 2.45) is 5.92 Å². The van der Waals surface area contributed by atoms with Gasteiger partial charge in [0, 0.05) is 6.54 Å². The summed E-state index contributed by atoms with van der Waals surface area (Å²) in [5.41, 5.74) is 0. The number of amides is 1. The molecule has 1 aliphatic heterocycles. The minimum absolute atomic E-state index is 0.00389. The SMILES string of the molecule is CC(C)CN(CC(F)(F)F)C(=O)CN1CCC[C@H]1C(=O)O. The maximum absolute atomic E-state index is 12.5. The number of carbonyl (C=O) groups excluding carboxylic acids is 1. The molecule has 1 saturated heterocycles. The standard InChI is InChI=1S/C13H21F3N2O3/c1-9(2)6-18(8-13(14,15)16)11(19)7-17-5-3-4-10(17)12(20)21/h9-10H,3-8H2,1-2H3,(H,20,21)/t10-/m0/s1. The molecule has 0 aromatic heterocycles. The van der Waals surface area contributed by atoms with Gasteiger partial charge in [-0.15, -0.1) is 0 Å². The zero-order valence-electron chi connectivity index (χ0n) is 12.2. The number of carboxylic acids is 1. The first-order valence-electron chi connectivity index (χ1n) is 6.91. The van der Waals surface area contributed by atoms with Crippen molar-refractivity contribution in [2.45, 2.75) is 38.9 Å². The smallest absolute Gasteiger partial charge is 0.406 e. The summed E-state index contributed by atoms with van der Waals surface area (Å²) in [5, 5.41) is 9.02. The molecule has 0 aliphatic carbocycles. The Morgan fingerprint density at radius 1 is 1.38 bits per heavy atom.